The van der Waals surface area contributed by atoms with E-state index in [0.29, 0.717) is 0 Å². The molecular formula is C20H32IN5O. The van der Waals surface area contributed by atoms with Crippen LogP contribution in [-0.4, -0.2) is 49.1 Å². The Bertz CT molecular complexity index is 628. The summed E-state index contributed by atoms with van der Waals surface area (Å²) in [5.41, 5.74) is 2.37. The molecule has 1 aromatic heterocycles. The van der Waals surface area contributed by atoms with E-state index in [1.165, 1.54) is 5.56 Å². The van der Waals surface area contributed by atoms with Gasteiger partial charge in [0.15, 0.2) is 5.96 Å². The highest BCUT2D eigenvalue weighted by Crippen LogP contribution is 2.08. The van der Waals surface area contributed by atoms with Crippen molar-refractivity contribution in [2.45, 2.75) is 32.6 Å². The molecule has 0 aliphatic rings. The standard InChI is InChI=1S/C20H31N5O.HI/c1-3-21-20(22-13-5-4-6-17-26-2)23-15-12-18-8-10-19(11-9-18)25-16-7-14-24-25;/h7-11,14,16H,3-6,12-13,15,17H2,1-2H3,(H2,21,22,23);1H. The lowest BCUT2D eigenvalue weighted by molar-refractivity contribution is 0.192. The molecule has 150 valence electrons. The van der Waals surface area contributed by atoms with Gasteiger partial charge in [-0.1, -0.05) is 12.1 Å². The number of rotatable bonds is 11. The van der Waals surface area contributed by atoms with Crippen LogP contribution < -0.4 is 10.6 Å². The quantitative estimate of drug-likeness (QED) is 0.222. The van der Waals surface area contributed by atoms with E-state index in [0.717, 1.165) is 63.6 Å². The molecule has 0 atom stereocenters. The van der Waals surface area contributed by atoms with Gasteiger partial charge in [-0.3, -0.25) is 4.99 Å². The smallest absolute Gasteiger partial charge is 0.191 e. The minimum Gasteiger partial charge on any atom is -0.385 e. The van der Waals surface area contributed by atoms with Crippen LogP contribution in [0.5, 0.6) is 0 Å². The third-order valence-corrected chi connectivity index (χ3v) is 4.03. The summed E-state index contributed by atoms with van der Waals surface area (Å²) < 4.78 is 6.93. The summed E-state index contributed by atoms with van der Waals surface area (Å²) in [6.07, 6.45) is 8.04. The molecule has 0 saturated heterocycles. The van der Waals surface area contributed by atoms with Crippen LogP contribution in [0.2, 0.25) is 0 Å². The predicted molar refractivity (Wildman–Crippen MR) is 122 cm³/mol. The second-order valence-corrected chi connectivity index (χ2v) is 6.11. The number of aromatic nitrogens is 2. The Kier molecular flexibility index (Phi) is 12.5. The molecule has 0 bridgehead atoms. The Morgan fingerprint density at radius 3 is 2.63 bits per heavy atom. The lowest BCUT2D eigenvalue weighted by Crippen LogP contribution is -2.38. The van der Waals surface area contributed by atoms with Gasteiger partial charge in [0.05, 0.1) is 5.69 Å². The van der Waals surface area contributed by atoms with Crippen LogP contribution in [0, 0.1) is 0 Å². The summed E-state index contributed by atoms with van der Waals surface area (Å²) in [6, 6.07) is 10.4. The van der Waals surface area contributed by atoms with Crippen LogP contribution in [0.15, 0.2) is 47.7 Å². The third-order valence-electron chi connectivity index (χ3n) is 4.03. The monoisotopic (exact) mass is 485 g/mol. The summed E-state index contributed by atoms with van der Waals surface area (Å²) in [7, 11) is 1.75. The highest BCUT2D eigenvalue weighted by Gasteiger charge is 2.00. The fourth-order valence-electron chi connectivity index (χ4n) is 2.63. The molecule has 0 aliphatic carbocycles. The van der Waals surface area contributed by atoms with Gasteiger partial charge < -0.3 is 15.4 Å². The average Bonchev–Trinajstić information content (AvgIpc) is 3.20. The highest BCUT2D eigenvalue weighted by molar-refractivity contribution is 14.0. The number of aliphatic imine (C=N–C) groups is 1. The zero-order valence-corrected chi connectivity index (χ0v) is 18.7. The van der Waals surface area contributed by atoms with Crippen molar-refractivity contribution in [2.75, 3.05) is 33.4 Å². The van der Waals surface area contributed by atoms with E-state index in [1.54, 1.807) is 13.3 Å². The molecule has 0 unspecified atom stereocenters. The number of unbranched alkanes of at least 4 members (excludes halogenated alkanes) is 2. The molecular weight excluding hydrogens is 453 g/mol. The van der Waals surface area contributed by atoms with Crippen LogP contribution in [0.3, 0.4) is 0 Å². The molecule has 0 aliphatic heterocycles. The third kappa shape index (κ3) is 9.23. The molecule has 6 nitrogen and oxygen atoms in total. The van der Waals surface area contributed by atoms with Crippen molar-refractivity contribution in [3.05, 3.63) is 48.3 Å². The first-order chi connectivity index (χ1) is 12.8. The van der Waals surface area contributed by atoms with E-state index in [4.69, 9.17) is 4.74 Å². The summed E-state index contributed by atoms with van der Waals surface area (Å²) >= 11 is 0. The van der Waals surface area contributed by atoms with Crippen LogP contribution in [0.25, 0.3) is 5.69 Å². The number of hydrogen-bond acceptors (Lipinski definition) is 3. The zero-order valence-electron chi connectivity index (χ0n) is 16.4. The van der Waals surface area contributed by atoms with Gasteiger partial charge in [0.1, 0.15) is 0 Å². The van der Waals surface area contributed by atoms with Crippen molar-refractivity contribution >= 4 is 29.9 Å². The maximum absolute atomic E-state index is 5.07. The fourth-order valence-corrected chi connectivity index (χ4v) is 2.63. The summed E-state index contributed by atoms with van der Waals surface area (Å²) in [5.74, 6) is 0.896. The molecule has 0 spiro atoms. The summed E-state index contributed by atoms with van der Waals surface area (Å²) in [5, 5.41) is 11.0. The second kappa shape index (κ2) is 14.4. The minimum atomic E-state index is 0. The van der Waals surface area contributed by atoms with E-state index in [1.807, 2.05) is 16.9 Å². The molecule has 27 heavy (non-hydrogen) atoms. The van der Waals surface area contributed by atoms with Gasteiger partial charge >= 0.3 is 0 Å². The minimum absolute atomic E-state index is 0. The molecule has 2 N–H and O–H groups in total. The molecule has 2 rings (SSSR count). The van der Waals surface area contributed by atoms with Crippen LogP contribution in [0.4, 0.5) is 0 Å². The van der Waals surface area contributed by atoms with Crippen molar-refractivity contribution in [3.8, 4) is 5.69 Å². The van der Waals surface area contributed by atoms with Gasteiger partial charge in [-0.05, 0) is 56.4 Å². The topological polar surface area (TPSA) is 63.5 Å². The average molecular weight is 485 g/mol. The van der Waals surface area contributed by atoms with Crippen molar-refractivity contribution in [3.63, 3.8) is 0 Å². The van der Waals surface area contributed by atoms with Gasteiger partial charge in [0.25, 0.3) is 0 Å². The maximum atomic E-state index is 5.07. The van der Waals surface area contributed by atoms with Gasteiger partial charge in [0.2, 0.25) is 0 Å². The number of benzene rings is 1. The van der Waals surface area contributed by atoms with Crippen LogP contribution in [0.1, 0.15) is 31.7 Å². The Hall–Kier alpha value is -1.61. The molecule has 7 heteroatoms. The Morgan fingerprint density at radius 1 is 1.15 bits per heavy atom. The number of guanidine groups is 1. The first kappa shape index (κ1) is 23.4. The largest absolute Gasteiger partial charge is 0.385 e. The number of halogens is 1. The SMILES string of the molecule is CCNC(=NCCCCCOC)NCCc1ccc(-n2cccn2)cc1.I. The first-order valence-electron chi connectivity index (χ1n) is 9.43. The van der Waals surface area contributed by atoms with E-state index < -0.39 is 0 Å². The molecule has 1 heterocycles. The van der Waals surface area contributed by atoms with Crippen molar-refractivity contribution in [1.29, 1.82) is 0 Å². The molecule has 1 aromatic carbocycles. The van der Waals surface area contributed by atoms with E-state index >= 15 is 0 Å². The zero-order chi connectivity index (χ0) is 18.5. The Labute approximate surface area is 179 Å². The molecule has 0 saturated carbocycles. The van der Waals surface area contributed by atoms with Crippen molar-refractivity contribution < 1.29 is 4.74 Å². The van der Waals surface area contributed by atoms with E-state index in [-0.39, 0.29) is 24.0 Å². The number of nitrogens with zero attached hydrogens (tertiary/aromatic N) is 3. The van der Waals surface area contributed by atoms with Gasteiger partial charge in [-0.2, -0.15) is 5.10 Å². The van der Waals surface area contributed by atoms with E-state index in [9.17, 15) is 0 Å². The first-order valence-corrected chi connectivity index (χ1v) is 9.43. The normalized spacial score (nSPS) is 11.1. The summed E-state index contributed by atoms with van der Waals surface area (Å²) in [6.45, 7) is 5.49. The number of hydrogen-bond donors (Lipinski definition) is 2. The lowest BCUT2D eigenvalue weighted by atomic mass is 10.1. The predicted octanol–water partition coefficient (Wildman–Crippen LogP) is 3.40. The number of ether oxygens (including phenoxy) is 1. The second-order valence-electron chi connectivity index (χ2n) is 6.11. The fraction of sp³-hybridized carbons (Fsp3) is 0.500. The lowest BCUT2D eigenvalue weighted by Gasteiger charge is -2.11. The van der Waals surface area contributed by atoms with Gasteiger partial charge in [0, 0.05) is 45.7 Å². The van der Waals surface area contributed by atoms with Crippen LogP contribution in [-0.2, 0) is 11.2 Å². The van der Waals surface area contributed by atoms with Crippen molar-refractivity contribution in [1.82, 2.24) is 20.4 Å². The number of methoxy groups -OCH3 is 1. The molecule has 0 amide bonds. The Balaban J connectivity index is 0.00000364. The van der Waals surface area contributed by atoms with E-state index in [2.05, 4.69) is 51.9 Å². The van der Waals surface area contributed by atoms with Gasteiger partial charge in [-0.15, -0.1) is 24.0 Å². The maximum Gasteiger partial charge on any atom is 0.191 e. The molecule has 0 radical (unpaired) electrons. The number of nitrogens with one attached hydrogen (secondary N) is 2. The van der Waals surface area contributed by atoms with Crippen molar-refractivity contribution in [2.24, 2.45) is 4.99 Å². The highest BCUT2D eigenvalue weighted by atomic mass is 127. The van der Waals surface area contributed by atoms with Crippen LogP contribution >= 0.6 is 24.0 Å². The molecule has 2 aromatic rings. The molecule has 0 fully saturated rings. The Morgan fingerprint density at radius 2 is 1.96 bits per heavy atom. The summed E-state index contributed by atoms with van der Waals surface area (Å²) in [4.78, 5) is 4.63. The van der Waals surface area contributed by atoms with Gasteiger partial charge in [-0.25, -0.2) is 4.68 Å².